The molecule has 0 bridgehead atoms. The second kappa shape index (κ2) is 13.0. The second-order valence-corrected chi connectivity index (χ2v) is 17.4. The van der Waals surface area contributed by atoms with Crippen molar-refractivity contribution in [2.24, 2.45) is 0 Å². The van der Waals surface area contributed by atoms with Crippen LogP contribution in [0, 0.1) is 6.92 Å². The van der Waals surface area contributed by atoms with Crippen molar-refractivity contribution in [2.75, 3.05) is 9.80 Å². The van der Waals surface area contributed by atoms with Crippen molar-refractivity contribution >= 4 is 114 Å². The van der Waals surface area contributed by atoms with Gasteiger partial charge in [0.1, 0.15) is 11.6 Å². The minimum Gasteiger partial charge on any atom is -0.314 e. The van der Waals surface area contributed by atoms with Crippen LogP contribution in [0.1, 0.15) is 29.2 Å². The zero-order valence-electron chi connectivity index (χ0n) is 32.0. The summed E-state index contributed by atoms with van der Waals surface area (Å²) in [5.41, 5.74) is 11.4. The number of allylic oxidation sites excluding steroid dienone is 2. The molecule has 276 valence electrons. The predicted octanol–water partition coefficient (Wildman–Crippen LogP) is 14.7. The lowest BCUT2D eigenvalue weighted by molar-refractivity contribution is 0.926. The normalized spacial score (nSPS) is 14.7. The first-order chi connectivity index (χ1) is 28.6. The van der Waals surface area contributed by atoms with Crippen molar-refractivity contribution in [3.63, 3.8) is 0 Å². The Morgan fingerprint density at radius 1 is 0.569 bits per heavy atom. The summed E-state index contributed by atoms with van der Waals surface area (Å²) >= 11 is 3.73. The molecule has 0 spiro atoms. The Balaban J connectivity index is 1.10. The Hall–Kier alpha value is -6.60. The topological polar surface area (TPSA) is 32.3 Å². The molecule has 0 fully saturated rings. The highest BCUT2D eigenvalue weighted by atomic mass is 32.1. The third-order valence-electron chi connectivity index (χ3n) is 12.1. The SMILES string of the molecule is CC1=CC(N(c2ccccn2)c2cccc3c2sc2ccccc23)C2=CCc3c(C)cc(N(c4ccccn4)c4cccc5c4sc4ccccc45)c4ccc1c2c34. The molecule has 2 aliphatic carbocycles. The molecule has 4 aromatic heterocycles. The number of pyridine rings is 2. The molecule has 0 amide bonds. The van der Waals surface area contributed by atoms with Gasteiger partial charge in [-0.3, -0.25) is 4.90 Å². The van der Waals surface area contributed by atoms with E-state index in [1.807, 2.05) is 47.2 Å². The van der Waals surface area contributed by atoms with Crippen LogP contribution in [0.5, 0.6) is 0 Å². The molecule has 0 saturated carbocycles. The van der Waals surface area contributed by atoms with Crippen molar-refractivity contribution < 1.29 is 0 Å². The molecule has 4 heterocycles. The number of anilines is 5. The van der Waals surface area contributed by atoms with Crippen molar-refractivity contribution in [3.05, 3.63) is 186 Å². The first kappa shape index (κ1) is 33.5. The van der Waals surface area contributed by atoms with Gasteiger partial charge in [-0.15, -0.1) is 22.7 Å². The van der Waals surface area contributed by atoms with E-state index < -0.39 is 0 Å². The molecule has 6 aromatic carbocycles. The summed E-state index contributed by atoms with van der Waals surface area (Å²) in [6.45, 7) is 4.57. The van der Waals surface area contributed by atoms with E-state index in [1.54, 1.807) is 0 Å². The summed E-state index contributed by atoms with van der Waals surface area (Å²) < 4.78 is 5.12. The first-order valence-electron chi connectivity index (χ1n) is 19.8. The number of thiophene rings is 2. The van der Waals surface area contributed by atoms with Gasteiger partial charge in [-0.05, 0) is 114 Å². The number of hydrogen-bond donors (Lipinski definition) is 0. The molecule has 0 N–H and O–H groups in total. The number of hydrogen-bond acceptors (Lipinski definition) is 6. The van der Waals surface area contributed by atoms with Gasteiger partial charge in [-0.2, -0.15) is 0 Å². The number of nitrogens with zero attached hydrogens (tertiary/aromatic N) is 4. The van der Waals surface area contributed by atoms with Crippen LogP contribution in [-0.2, 0) is 6.42 Å². The van der Waals surface area contributed by atoms with Gasteiger partial charge < -0.3 is 4.90 Å². The summed E-state index contributed by atoms with van der Waals surface area (Å²) in [6, 6.07) is 50.6. The Bertz CT molecular complexity index is 3360. The van der Waals surface area contributed by atoms with E-state index in [9.17, 15) is 0 Å². The van der Waals surface area contributed by atoms with Crippen molar-refractivity contribution in [1.82, 2.24) is 9.97 Å². The average Bonchev–Trinajstić information content (AvgIpc) is 3.85. The molecular formula is C52H36N4S2. The lowest BCUT2D eigenvalue weighted by atomic mass is 9.75. The Labute approximate surface area is 344 Å². The van der Waals surface area contributed by atoms with Gasteiger partial charge in [-0.1, -0.05) is 97.1 Å². The van der Waals surface area contributed by atoms with Gasteiger partial charge in [0.25, 0.3) is 0 Å². The van der Waals surface area contributed by atoms with Gasteiger partial charge in [0.15, 0.2) is 0 Å². The fourth-order valence-corrected chi connectivity index (χ4v) is 12.0. The summed E-state index contributed by atoms with van der Waals surface area (Å²) in [6.07, 6.45) is 9.64. The Morgan fingerprint density at radius 2 is 1.19 bits per heavy atom. The van der Waals surface area contributed by atoms with Gasteiger partial charge in [0.2, 0.25) is 0 Å². The summed E-state index contributed by atoms with van der Waals surface area (Å²) in [7, 11) is 0. The molecule has 0 saturated heterocycles. The van der Waals surface area contributed by atoms with Crippen LogP contribution >= 0.6 is 22.7 Å². The average molecular weight is 781 g/mol. The highest BCUT2D eigenvalue weighted by Gasteiger charge is 2.35. The monoisotopic (exact) mass is 780 g/mol. The van der Waals surface area contributed by atoms with Gasteiger partial charge in [0.05, 0.1) is 32.5 Å². The van der Waals surface area contributed by atoms with Crippen LogP contribution in [0.3, 0.4) is 0 Å². The second-order valence-electron chi connectivity index (χ2n) is 15.3. The first-order valence-corrected chi connectivity index (χ1v) is 21.5. The Morgan fingerprint density at radius 3 is 1.88 bits per heavy atom. The van der Waals surface area contributed by atoms with Gasteiger partial charge in [0, 0.05) is 48.7 Å². The van der Waals surface area contributed by atoms with Crippen molar-refractivity contribution in [1.29, 1.82) is 0 Å². The van der Waals surface area contributed by atoms with Gasteiger partial charge >= 0.3 is 0 Å². The zero-order chi connectivity index (χ0) is 38.5. The predicted molar refractivity (Wildman–Crippen MR) is 249 cm³/mol. The molecule has 4 nitrogen and oxygen atoms in total. The van der Waals surface area contributed by atoms with E-state index in [-0.39, 0.29) is 6.04 Å². The van der Waals surface area contributed by atoms with Crippen LogP contribution in [0.4, 0.5) is 28.7 Å². The molecule has 0 radical (unpaired) electrons. The van der Waals surface area contributed by atoms with Crippen LogP contribution in [-0.4, -0.2) is 16.0 Å². The number of benzene rings is 6. The van der Waals surface area contributed by atoms with E-state index in [2.05, 4.69) is 163 Å². The fraction of sp³-hybridized carbons (Fsp3) is 0.0769. The van der Waals surface area contributed by atoms with Crippen LogP contribution in [0.2, 0.25) is 0 Å². The molecule has 1 atom stereocenters. The molecule has 2 aliphatic rings. The number of aromatic nitrogens is 2. The van der Waals surface area contributed by atoms with Gasteiger partial charge in [-0.25, -0.2) is 9.97 Å². The smallest absolute Gasteiger partial charge is 0.137 e. The molecule has 6 heteroatoms. The molecule has 12 rings (SSSR count). The quantitative estimate of drug-likeness (QED) is 0.168. The van der Waals surface area contributed by atoms with Crippen molar-refractivity contribution in [2.45, 2.75) is 26.3 Å². The summed E-state index contributed by atoms with van der Waals surface area (Å²) in [5.74, 6) is 1.84. The van der Waals surface area contributed by atoms with E-state index in [4.69, 9.17) is 9.97 Å². The lowest BCUT2D eigenvalue weighted by Gasteiger charge is -2.39. The van der Waals surface area contributed by atoms with Crippen LogP contribution < -0.4 is 9.80 Å². The largest absolute Gasteiger partial charge is 0.314 e. The third-order valence-corrected chi connectivity index (χ3v) is 14.6. The molecule has 1 unspecified atom stereocenters. The van der Waals surface area contributed by atoms with E-state index in [0.717, 1.165) is 29.4 Å². The number of fused-ring (bicyclic) bond motifs is 6. The highest BCUT2D eigenvalue weighted by Crippen LogP contribution is 2.53. The lowest BCUT2D eigenvalue weighted by Crippen LogP contribution is -2.34. The van der Waals surface area contributed by atoms with E-state index in [0.29, 0.717) is 0 Å². The molecule has 58 heavy (non-hydrogen) atoms. The maximum atomic E-state index is 5.04. The molecule has 10 aromatic rings. The summed E-state index contributed by atoms with van der Waals surface area (Å²) in [5, 5.41) is 7.71. The van der Waals surface area contributed by atoms with E-state index >= 15 is 0 Å². The maximum Gasteiger partial charge on any atom is 0.137 e. The summed E-state index contributed by atoms with van der Waals surface area (Å²) in [4.78, 5) is 14.9. The Kier molecular flexibility index (Phi) is 7.50. The standard InChI is InChI=1S/C52H36N4S2/c1-31-29-43(55(47-21-7-9-27-53-47)41-17-11-15-37-35-13-3-5-19-45(35)57-51(37)41)39-26-24-34-32(2)30-44(40-25-23-33(31)49(39)50(34)40)56(48-22-8-10-28-54-48)42-18-12-16-38-36-14-4-6-20-46(36)58-52(38)42/h3-23,25-30,43H,24H2,1-2H3. The van der Waals surface area contributed by atoms with Crippen LogP contribution in [0.25, 0.3) is 62.3 Å². The number of rotatable bonds is 6. The fourth-order valence-electron chi connectivity index (χ4n) is 9.59. The zero-order valence-corrected chi connectivity index (χ0v) is 33.6. The molecule has 0 aliphatic heterocycles. The minimum atomic E-state index is -0.0693. The minimum absolute atomic E-state index is 0.0693. The molecular weight excluding hydrogens is 745 g/mol. The van der Waals surface area contributed by atoms with E-state index in [1.165, 1.54) is 90.2 Å². The third kappa shape index (κ3) is 4.92. The maximum absolute atomic E-state index is 5.04. The van der Waals surface area contributed by atoms with Crippen molar-refractivity contribution in [3.8, 4) is 0 Å². The highest BCUT2D eigenvalue weighted by molar-refractivity contribution is 7.26. The number of aryl methyl sites for hydroxylation is 1. The van der Waals surface area contributed by atoms with Crippen LogP contribution in [0.15, 0.2) is 164 Å².